The van der Waals surface area contributed by atoms with Crippen LogP contribution in [0.5, 0.6) is 0 Å². The fourth-order valence-electron chi connectivity index (χ4n) is 5.12. The molecule has 2 aliphatic rings. The molecule has 1 fully saturated rings. The van der Waals surface area contributed by atoms with Crippen LogP contribution in [0.4, 0.5) is 8.78 Å². The van der Waals surface area contributed by atoms with Crippen molar-refractivity contribution in [2.24, 2.45) is 5.73 Å². The number of carbonyl (C=O) groups excluding carboxylic acids is 3. The number of hydrogen-bond donors (Lipinski definition) is 4. The zero-order valence-corrected chi connectivity index (χ0v) is 21.9. The Morgan fingerprint density at radius 2 is 1.87 bits per heavy atom. The van der Waals surface area contributed by atoms with Crippen molar-refractivity contribution in [3.63, 3.8) is 0 Å². The molecule has 0 spiro atoms. The topological polar surface area (TPSA) is 128 Å². The first-order valence-electron chi connectivity index (χ1n) is 12.5. The molecule has 1 aliphatic carbocycles. The van der Waals surface area contributed by atoms with Crippen LogP contribution in [0, 0.1) is 5.41 Å². The number of rotatable bonds is 7. The lowest BCUT2D eigenvalue weighted by Gasteiger charge is -2.25. The van der Waals surface area contributed by atoms with Crippen molar-refractivity contribution in [1.82, 2.24) is 15.5 Å². The summed E-state index contributed by atoms with van der Waals surface area (Å²) in [5.74, 6) is -4.45. The van der Waals surface area contributed by atoms with Crippen LogP contribution in [0.25, 0.3) is 11.1 Å². The molecule has 1 aliphatic heterocycles. The van der Waals surface area contributed by atoms with Crippen LogP contribution in [-0.2, 0) is 15.5 Å². The average Bonchev–Trinajstić information content (AvgIpc) is 3.65. The molecule has 2 heterocycles. The minimum Gasteiger partial charge on any atom is -0.384 e. The first-order chi connectivity index (χ1) is 18.6. The average molecular weight is 552 g/mol. The molecular formula is C28H27F2N5O3S. The van der Waals surface area contributed by atoms with Gasteiger partial charge in [-0.25, -0.2) is 0 Å². The van der Waals surface area contributed by atoms with Crippen molar-refractivity contribution in [2.45, 2.75) is 37.8 Å². The van der Waals surface area contributed by atoms with E-state index in [1.54, 1.807) is 29.6 Å². The van der Waals surface area contributed by atoms with Crippen LogP contribution >= 0.6 is 11.3 Å². The molecule has 1 saturated heterocycles. The number of nitrogens with one attached hydrogen (secondary N) is 3. The minimum atomic E-state index is -3.14. The maximum absolute atomic E-state index is 14.8. The second kappa shape index (κ2) is 10.2. The van der Waals surface area contributed by atoms with Gasteiger partial charge in [-0.1, -0.05) is 30.3 Å². The fourth-order valence-corrected chi connectivity index (χ4v) is 6.03. The summed E-state index contributed by atoms with van der Waals surface area (Å²) in [6.45, 7) is 1.88. The van der Waals surface area contributed by atoms with Crippen LogP contribution in [0.15, 0.2) is 53.9 Å². The third-order valence-electron chi connectivity index (χ3n) is 7.17. The summed E-state index contributed by atoms with van der Waals surface area (Å²) in [5.41, 5.74) is 6.69. The highest BCUT2D eigenvalue weighted by atomic mass is 32.1. The van der Waals surface area contributed by atoms with Crippen molar-refractivity contribution in [3.05, 3.63) is 81.0 Å². The van der Waals surface area contributed by atoms with Gasteiger partial charge in [-0.15, -0.1) is 11.3 Å². The summed E-state index contributed by atoms with van der Waals surface area (Å²) in [6.07, 6.45) is 1.15. The van der Waals surface area contributed by atoms with Gasteiger partial charge in [-0.3, -0.25) is 19.8 Å². The Morgan fingerprint density at radius 3 is 2.62 bits per heavy atom. The largest absolute Gasteiger partial charge is 0.384 e. The lowest BCUT2D eigenvalue weighted by molar-refractivity contribution is -0.137. The standard InChI is InChI=1S/C28H27F2N5O3S/c1-15(23-12-17(14-39-23)25(31)32)34-27(38)22-7-4-10-35(22)24(36)13-33-26(37)16-8-9-21-19(11-16)18-5-2-3-6-20(18)28(21,29)30/h2-3,5-6,8-9,11-12,14-15,22H,4,7,10,13H2,1H3,(H3,31,32)(H,33,37)(H,34,38)/t15-,22+/m1/s1. The number of alkyl halides is 2. The molecule has 0 radical (unpaired) electrons. The van der Waals surface area contributed by atoms with Gasteiger partial charge in [0.2, 0.25) is 11.8 Å². The van der Waals surface area contributed by atoms with E-state index in [4.69, 9.17) is 11.1 Å². The highest BCUT2D eigenvalue weighted by molar-refractivity contribution is 7.10. The number of halogens is 2. The van der Waals surface area contributed by atoms with Gasteiger partial charge in [-0.05, 0) is 49.1 Å². The van der Waals surface area contributed by atoms with E-state index < -0.39 is 23.8 Å². The summed E-state index contributed by atoms with van der Waals surface area (Å²) in [4.78, 5) is 41.1. The fraction of sp³-hybridized carbons (Fsp3) is 0.286. The molecule has 5 rings (SSSR count). The van der Waals surface area contributed by atoms with E-state index in [0.717, 1.165) is 4.88 Å². The molecule has 5 N–H and O–H groups in total. The van der Waals surface area contributed by atoms with Gasteiger partial charge in [0.1, 0.15) is 11.9 Å². The lowest BCUT2D eigenvalue weighted by Crippen LogP contribution is -2.49. The number of nitrogens with zero attached hydrogens (tertiary/aromatic N) is 1. The number of nitrogens with two attached hydrogens (primary N) is 1. The smallest absolute Gasteiger partial charge is 0.299 e. The number of hydrogen-bond acceptors (Lipinski definition) is 5. The molecule has 39 heavy (non-hydrogen) atoms. The third-order valence-corrected chi connectivity index (χ3v) is 8.28. The summed E-state index contributed by atoms with van der Waals surface area (Å²) in [7, 11) is 0. The van der Waals surface area contributed by atoms with Gasteiger partial charge >= 0.3 is 0 Å². The summed E-state index contributed by atoms with van der Waals surface area (Å²) >= 11 is 1.39. The maximum Gasteiger partial charge on any atom is 0.299 e. The van der Waals surface area contributed by atoms with E-state index in [1.807, 2.05) is 6.92 Å². The minimum absolute atomic E-state index is 0.0479. The number of nitrogen functional groups attached to an aromatic ring is 1. The van der Waals surface area contributed by atoms with E-state index in [-0.39, 0.29) is 41.0 Å². The number of benzene rings is 2. The van der Waals surface area contributed by atoms with Crippen molar-refractivity contribution in [1.29, 1.82) is 5.41 Å². The van der Waals surface area contributed by atoms with Crippen molar-refractivity contribution >= 4 is 34.9 Å². The first-order valence-corrected chi connectivity index (χ1v) is 13.4. The van der Waals surface area contributed by atoms with Crippen LogP contribution in [0.2, 0.25) is 0 Å². The number of carbonyl (C=O) groups is 3. The normalized spacial score (nSPS) is 17.7. The number of likely N-dealkylation sites (tertiary alicyclic amines) is 1. The highest BCUT2D eigenvalue weighted by Gasteiger charge is 2.44. The predicted molar refractivity (Wildman–Crippen MR) is 144 cm³/mol. The highest BCUT2D eigenvalue weighted by Crippen LogP contribution is 2.50. The van der Waals surface area contributed by atoms with E-state index >= 15 is 0 Å². The van der Waals surface area contributed by atoms with E-state index in [1.165, 1.54) is 40.5 Å². The van der Waals surface area contributed by atoms with E-state index in [2.05, 4.69) is 10.6 Å². The van der Waals surface area contributed by atoms with Gasteiger partial charge in [0.05, 0.1) is 12.6 Å². The Bertz CT molecular complexity index is 1490. The van der Waals surface area contributed by atoms with Gasteiger partial charge in [0.25, 0.3) is 11.8 Å². The Morgan fingerprint density at radius 1 is 1.13 bits per heavy atom. The molecule has 2 atom stereocenters. The zero-order valence-electron chi connectivity index (χ0n) is 21.1. The number of fused-ring (bicyclic) bond motifs is 3. The molecule has 2 aromatic carbocycles. The molecule has 8 nitrogen and oxygen atoms in total. The number of thiophene rings is 1. The molecule has 3 amide bonds. The molecule has 0 saturated carbocycles. The zero-order chi connectivity index (χ0) is 27.9. The molecule has 202 valence electrons. The van der Waals surface area contributed by atoms with Crippen molar-refractivity contribution in [3.8, 4) is 11.1 Å². The van der Waals surface area contributed by atoms with E-state index in [9.17, 15) is 23.2 Å². The molecule has 0 unspecified atom stereocenters. The Kier molecular flexibility index (Phi) is 6.94. The second-order valence-corrected chi connectivity index (χ2v) is 10.6. The summed E-state index contributed by atoms with van der Waals surface area (Å²) in [5, 5.41) is 14.8. The second-order valence-electron chi connectivity index (χ2n) is 9.69. The third kappa shape index (κ3) is 4.89. The molecular weight excluding hydrogens is 524 g/mol. The Labute approximate surface area is 227 Å². The SMILES string of the molecule is C[C@@H](NC(=O)[C@@H]1CCCN1C(=O)CNC(=O)c1ccc2c(c1)-c1ccccc1C2(F)F)c1cc(C(=N)N)cs1. The molecule has 1 aromatic heterocycles. The summed E-state index contributed by atoms with van der Waals surface area (Å²) in [6, 6.07) is 11.0. The van der Waals surface area contributed by atoms with E-state index in [0.29, 0.717) is 36.1 Å². The van der Waals surface area contributed by atoms with Gasteiger partial charge in [0, 0.05) is 39.1 Å². The van der Waals surface area contributed by atoms with Crippen LogP contribution in [0.1, 0.15) is 57.7 Å². The van der Waals surface area contributed by atoms with Gasteiger partial charge in [0.15, 0.2) is 0 Å². The number of amidine groups is 1. The monoisotopic (exact) mass is 551 g/mol. The van der Waals surface area contributed by atoms with Gasteiger partial charge < -0.3 is 21.3 Å². The maximum atomic E-state index is 14.8. The lowest BCUT2D eigenvalue weighted by atomic mass is 10.0. The van der Waals surface area contributed by atoms with Gasteiger partial charge in [-0.2, -0.15) is 8.78 Å². The van der Waals surface area contributed by atoms with Crippen LogP contribution < -0.4 is 16.4 Å². The first kappa shape index (κ1) is 26.5. The quantitative estimate of drug-likeness (QED) is 0.263. The molecule has 0 bridgehead atoms. The Hall–Kier alpha value is -4.12. The van der Waals surface area contributed by atoms with Crippen molar-refractivity contribution in [2.75, 3.05) is 13.1 Å². The number of amides is 3. The van der Waals surface area contributed by atoms with Crippen molar-refractivity contribution < 1.29 is 23.2 Å². The predicted octanol–water partition coefficient (Wildman–Crippen LogP) is 3.75. The summed E-state index contributed by atoms with van der Waals surface area (Å²) < 4.78 is 29.6. The van der Waals surface area contributed by atoms with Crippen LogP contribution in [0.3, 0.4) is 0 Å². The molecule has 3 aromatic rings. The molecule has 11 heteroatoms. The Balaban J connectivity index is 1.21. The van der Waals surface area contributed by atoms with Crippen LogP contribution in [-0.4, -0.2) is 47.6 Å².